The van der Waals surface area contributed by atoms with Crippen molar-refractivity contribution in [2.24, 2.45) is 5.73 Å². The van der Waals surface area contributed by atoms with E-state index in [9.17, 15) is 8.78 Å². The second kappa shape index (κ2) is 5.77. The van der Waals surface area contributed by atoms with Gasteiger partial charge in [0, 0.05) is 11.1 Å². The van der Waals surface area contributed by atoms with Gasteiger partial charge in [0.2, 0.25) is 0 Å². The van der Waals surface area contributed by atoms with E-state index in [2.05, 4.69) is 4.98 Å². The number of hydrogen-bond donors (Lipinski definition) is 1. The van der Waals surface area contributed by atoms with Crippen molar-refractivity contribution in [1.82, 2.24) is 4.98 Å². The number of rotatable bonds is 4. The number of hydrogen-bond acceptors (Lipinski definition) is 4. The van der Waals surface area contributed by atoms with Crippen LogP contribution in [0.25, 0.3) is 0 Å². The maximum Gasteiger partial charge on any atom is 0.155 e. The van der Waals surface area contributed by atoms with E-state index in [4.69, 9.17) is 5.73 Å². The van der Waals surface area contributed by atoms with E-state index in [1.165, 1.54) is 23.5 Å². The van der Waals surface area contributed by atoms with Crippen LogP contribution in [-0.2, 0) is 6.42 Å². The molecule has 1 aromatic carbocycles. The standard InChI is InChI=1S/C12H12F2N2S2/c1-7-6-17-12(16-7)18-11-9(13)4-8(2-3-15)5-10(11)14/h4-6H,2-3,15H2,1H3. The van der Waals surface area contributed by atoms with E-state index in [0.717, 1.165) is 17.5 Å². The number of benzene rings is 1. The smallest absolute Gasteiger partial charge is 0.155 e. The summed E-state index contributed by atoms with van der Waals surface area (Å²) in [6.45, 7) is 2.22. The van der Waals surface area contributed by atoms with Gasteiger partial charge in [0.05, 0.1) is 4.90 Å². The van der Waals surface area contributed by atoms with Crippen LogP contribution in [0.5, 0.6) is 0 Å². The first-order valence-electron chi connectivity index (χ1n) is 5.38. The molecule has 0 amide bonds. The van der Waals surface area contributed by atoms with Gasteiger partial charge >= 0.3 is 0 Å². The molecule has 18 heavy (non-hydrogen) atoms. The van der Waals surface area contributed by atoms with Crippen LogP contribution in [0, 0.1) is 18.6 Å². The molecule has 0 bridgehead atoms. The summed E-state index contributed by atoms with van der Waals surface area (Å²) in [7, 11) is 0. The first-order valence-corrected chi connectivity index (χ1v) is 7.07. The molecule has 2 nitrogen and oxygen atoms in total. The second-order valence-electron chi connectivity index (χ2n) is 3.78. The fourth-order valence-corrected chi connectivity index (χ4v) is 3.27. The maximum absolute atomic E-state index is 13.8. The minimum absolute atomic E-state index is 0.00915. The van der Waals surface area contributed by atoms with Crippen LogP contribution in [0.4, 0.5) is 8.78 Å². The molecule has 0 saturated heterocycles. The average Bonchev–Trinajstić information content (AvgIpc) is 2.70. The van der Waals surface area contributed by atoms with E-state index < -0.39 is 11.6 Å². The van der Waals surface area contributed by atoms with Crippen LogP contribution in [0.1, 0.15) is 11.3 Å². The zero-order valence-corrected chi connectivity index (χ0v) is 11.4. The number of nitrogens with two attached hydrogens (primary N) is 1. The average molecular weight is 286 g/mol. The lowest BCUT2D eigenvalue weighted by molar-refractivity contribution is 0.537. The molecule has 0 aliphatic carbocycles. The predicted octanol–water partition coefficient (Wildman–Crippen LogP) is 3.38. The van der Waals surface area contributed by atoms with E-state index >= 15 is 0 Å². The fourth-order valence-electron chi connectivity index (χ4n) is 1.49. The summed E-state index contributed by atoms with van der Waals surface area (Å²) in [5.74, 6) is -1.12. The quantitative estimate of drug-likeness (QED) is 0.936. The molecule has 0 spiro atoms. The second-order valence-corrected chi connectivity index (χ2v) is 5.90. The van der Waals surface area contributed by atoms with Gasteiger partial charge in [-0.3, -0.25) is 0 Å². The highest BCUT2D eigenvalue weighted by molar-refractivity contribution is 8.01. The summed E-state index contributed by atoms with van der Waals surface area (Å²) in [6.07, 6.45) is 0.467. The summed E-state index contributed by atoms with van der Waals surface area (Å²) < 4.78 is 28.2. The molecule has 0 radical (unpaired) electrons. The highest BCUT2D eigenvalue weighted by Crippen LogP contribution is 2.34. The van der Waals surface area contributed by atoms with Crippen molar-refractivity contribution in [3.8, 4) is 0 Å². The van der Waals surface area contributed by atoms with Crippen LogP contribution in [0.15, 0.2) is 26.7 Å². The fraction of sp³-hybridized carbons (Fsp3) is 0.250. The van der Waals surface area contributed by atoms with Gasteiger partial charge in [0.15, 0.2) is 4.34 Å². The highest BCUT2D eigenvalue weighted by atomic mass is 32.2. The van der Waals surface area contributed by atoms with Crippen molar-refractivity contribution in [3.63, 3.8) is 0 Å². The SMILES string of the molecule is Cc1csc(Sc2c(F)cc(CCN)cc2F)n1. The number of aromatic nitrogens is 1. The Morgan fingerprint density at radius 2 is 2.00 bits per heavy atom. The molecular formula is C12H12F2N2S2. The highest BCUT2D eigenvalue weighted by Gasteiger charge is 2.14. The number of thiazole rings is 1. The molecule has 2 aromatic rings. The molecule has 2 rings (SSSR count). The van der Waals surface area contributed by atoms with Crippen molar-refractivity contribution in [2.75, 3.05) is 6.54 Å². The lowest BCUT2D eigenvalue weighted by Crippen LogP contribution is -2.04. The first kappa shape index (κ1) is 13.5. The molecular weight excluding hydrogens is 274 g/mol. The maximum atomic E-state index is 13.8. The molecule has 1 aromatic heterocycles. The van der Waals surface area contributed by atoms with Gasteiger partial charge in [-0.05, 0) is 37.6 Å². The molecule has 0 aliphatic heterocycles. The van der Waals surface area contributed by atoms with E-state index in [-0.39, 0.29) is 4.90 Å². The van der Waals surface area contributed by atoms with Crippen molar-refractivity contribution < 1.29 is 8.78 Å². The van der Waals surface area contributed by atoms with Crippen LogP contribution in [0.3, 0.4) is 0 Å². The van der Waals surface area contributed by atoms with Crippen LogP contribution >= 0.6 is 23.1 Å². The Bertz CT molecular complexity index is 532. The van der Waals surface area contributed by atoms with Crippen LogP contribution in [-0.4, -0.2) is 11.5 Å². The van der Waals surface area contributed by atoms with Gasteiger partial charge in [-0.15, -0.1) is 11.3 Å². The van der Waals surface area contributed by atoms with Crippen LogP contribution in [0.2, 0.25) is 0 Å². The third kappa shape index (κ3) is 3.07. The summed E-state index contributed by atoms with van der Waals surface area (Å²) >= 11 is 2.39. The van der Waals surface area contributed by atoms with Crippen molar-refractivity contribution in [3.05, 3.63) is 40.4 Å². The summed E-state index contributed by atoms with van der Waals surface area (Å²) in [6, 6.07) is 2.66. The normalized spacial score (nSPS) is 10.9. The Labute approximate surface area is 112 Å². The van der Waals surface area contributed by atoms with Crippen molar-refractivity contribution >= 4 is 23.1 Å². The predicted molar refractivity (Wildman–Crippen MR) is 70.1 cm³/mol. The number of nitrogens with zero attached hydrogens (tertiary/aromatic N) is 1. The van der Waals surface area contributed by atoms with E-state index in [1.54, 1.807) is 0 Å². The number of aryl methyl sites for hydroxylation is 1. The molecule has 0 atom stereocenters. The third-order valence-electron chi connectivity index (χ3n) is 2.28. The zero-order chi connectivity index (χ0) is 13.1. The van der Waals surface area contributed by atoms with Gasteiger partial charge in [-0.1, -0.05) is 11.8 Å². The molecule has 96 valence electrons. The molecule has 0 saturated carbocycles. The molecule has 0 fully saturated rings. The third-order valence-corrected chi connectivity index (χ3v) is 4.43. The van der Waals surface area contributed by atoms with Crippen molar-refractivity contribution in [2.45, 2.75) is 22.6 Å². The topological polar surface area (TPSA) is 38.9 Å². The Hall–Kier alpha value is -0.980. The van der Waals surface area contributed by atoms with E-state index in [0.29, 0.717) is 22.9 Å². The Morgan fingerprint density at radius 1 is 1.33 bits per heavy atom. The Kier molecular flexibility index (Phi) is 4.31. The monoisotopic (exact) mass is 286 g/mol. The number of halogens is 2. The molecule has 2 N–H and O–H groups in total. The lowest BCUT2D eigenvalue weighted by Gasteiger charge is -2.05. The minimum atomic E-state index is -0.559. The lowest BCUT2D eigenvalue weighted by atomic mass is 10.1. The Morgan fingerprint density at radius 3 is 2.50 bits per heavy atom. The molecule has 1 heterocycles. The van der Waals surface area contributed by atoms with Gasteiger partial charge in [-0.2, -0.15) is 0 Å². The van der Waals surface area contributed by atoms with Crippen LogP contribution < -0.4 is 5.73 Å². The zero-order valence-electron chi connectivity index (χ0n) is 9.74. The largest absolute Gasteiger partial charge is 0.330 e. The summed E-state index contributed by atoms with van der Waals surface area (Å²) in [5, 5.41) is 1.85. The van der Waals surface area contributed by atoms with Gasteiger partial charge in [-0.25, -0.2) is 13.8 Å². The summed E-state index contributed by atoms with van der Waals surface area (Å²) in [4.78, 5) is 4.17. The minimum Gasteiger partial charge on any atom is -0.330 e. The summed E-state index contributed by atoms with van der Waals surface area (Å²) in [5.41, 5.74) is 6.79. The van der Waals surface area contributed by atoms with Gasteiger partial charge < -0.3 is 5.73 Å². The first-order chi connectivity index (χ1) is 8.60. The van der Waals surface area contributed by atoms with Gasteiger partial charge in [0.1, 0.15) is 11.6 Å². The van der Waals surface area contributed by atoms with Gasteiger partial charge in [0.25, 0.3) is 0 Å². The molecule has 6 heteroatoms. The Balaban J connectivity index is 2.28. The molecule has 0 unspecified atom stereocenters. The molecule has 0 aliphatic rings. The van der Waals surface area contributed by atoms with E-state index in [1.807, 2.05) is 12.3 Å². The van der Waals surface area contributed by atoms with Crippen molar-refractivity contribution in [1.29, 1.82) is 0 Å².